The first-order valence-electron chi connectivity index (χ1n) is 9.98. The summed E-state index contributed by atoms with van der Waals surface area (Å²) in [6.45, 7) is 2.90. The van der Waals surface area contributed by atoms with E-state index in [1.54, 1.807) is 24.7 Å². The molecule has 5 rings (SSSR count). The zero-order valence-corrected chi connectivity index (χ0v) is 15.8. The number of aryl methyl sites for hydroxylation is 2. The topological polar surface area (TPSA) is 71.2 Å². The van der Waals surface area contributed by atoms with E-state index in [0.717, 1.165) is 49.1 Å². The normalized spacial score (nSPS) is 22.0. The molecule has 0 radical (unpaired) electrons. The Morgan fingerprint density at radius 3 is 3.00 bits per heavy atom. The fraction of sp³-hybridized carbons (Fsp3) is 0.409. The molecule has 2 aliphatic rings. The van der Waals surface area contributed by atoms with Crippen molar-refractivity contribution in [2.24, 2.45) is 5.92 Å². The van der Waals surface area contributed by atoms with Gasteiger partial charge in [-0.25, -0.2) is 0 Å². The molecule has 0 bridgehead atoms. The van der Waals surface area contributed by atoms with Crippen molar-refractivity contribution in [1.29, 1.82) is 0 Å². The molecule has 0 unspecified atom stereocenters. The molecule has 2 atom stereocenters. The van der Waals surface area contributed by atoms with Gasteiger partial charge in [-0.15, -0.1) is 0 Å². The van der Waals surface area contributed by atoms with Crippen molar-refractivity contribution in [3.63, 3.8) is 0 Å². The highest BCUT2D eigenvalue weighted by molar-refractivity contribution is 5.86. The molecule has 2 aromatic heterocycles. The Hall–Kier alpha value is -2.57. The Bertz CT molecular complexity index is 1060. The number of rotatable bonds is 4. The molecule has 1 aromatic carbocycles. The number of pyridine rings is 1. The molecule has 28 heavy (non-hydrogen) atoms. The Morgan fingerprint density at radius 1 is 1.21 bits per heavy atom. The summed E-state index contributed by atoms with van der Waals surface area (Å²) in [5.41, 5.74) is 4.43. The van der Waals surface area contributed by atoms with Crippen molar-refractivity contribution < 1.29 is 5.11 Å². The smallest absolute Gasteiger partial charge is 0.251 e. The predicted molar refractivity (Wildman–Crippen MR) is 107 cm³/mol. The van der Waals surface area contributed by atoms with Gasteiger partial charge in [-0.05, 0) is 30.4 Å². The number of para-hydroxylation sites is 1. The van der Waals surface area contributed by atoms with E-state index >= 15 is 0 Å². The molecule has 2 aliphatic heterocycles. The lowest BCUT2D eigenvalue weighted by Gasteiger charge is -2.23. The quantitative estimate of drug-likeness (QED) is 0.752. The number of benzene rings is 1. The van der Waals surface area contributed by atoms with Crippen LogP contribution in [0.15, 0.2) is 47.7 Å². The van der Waals surface area contributed by atoms with E-state index in [1.807, 2.05) is 4.57 Å². The largest absolute Gasteiger partial charge is 0.391 e. The van der Waals surface area contributed by atoms with Gasteiger partial charge in [0.2, 0.25) is 0 Å². The van der Waals surface area contributed by atoms with Crippen molar-refractivity contribution >= 4 is 10.9 Å². The molecule has 0 saturated carbocycles. The summed E-state index contributed by atoms with van der Waals surface area (Å²) in [5, 5.41) is 11.7. The third kappa shape index (κ3) is 3.12. The first-order chi connectivity index (χ1) is 13.7. The number of hydrogen-bond acceptors (Lipinski definition) is 5. The van der Waals surface area contributed by atoms with Gasteiger partial charge in [-0.3, -0.25) is 19.7 Å². The minimum Gasteiger partial charge on any atom is -0.391 e. The lowest BCUT2D eigenvalue weighted by Crippen LogP contribution is -2.27. The molecule has 6 heteroatoms. The summed E-state index contributed by atoms with van der Waals surface area (Å²) < 4.78 is 1.92. The molecular weight excluding hydrogens is 352 g/mol. The van der Waals surface area contributed by atoms with Gasteiger partial charge >= 0.3 is 0 Å². The lowest BCUT2D eigenvalue weighted by molar-refractivity contribution is 0.140. The van der Waals surface area contributed by atoms with Gasteiger partial charge in [0.15, 0.2) is 0 Å². The second-order valence-corrected chi connectivity index (χ2v) is 8.00. The van der Waals surface area contributed by atoms with Gasteiger partial charge in [0.25, 0.3) is 5.56 Å². The second-order valence-electron chi connectivity index (χ2n) is 8.00. The van der Waals surface area contributed by atoms with Gasteiger partial charge in [-0.1, -0.05) is 18.2 Å². The summed E-state index contributed by atoms with van der Waals surface area (Å²) in [4.78, 5) is 23.4. The average molecular weight is 376 g/mol. The van der Waals surface area contributed by atoms with Crippen LogP contribution in [-0.2, 0) is 25.9 Å². The van der Waals surface area contributed by atoms with Crippen molar-refractivity contribution in [1.82, 2.24) is 19.4 Å². The molecule has 144 valence electrons. The summed E-state index contributed by atoms with van der Waals surface area (Å²) in [7, 11) is 0. The number of β-amino-alcohol motifs (C(OH)–C–C–N with tert-alkyl or cyclic N) is 1. The third-order valence-electron chi connectivity index (χ3n) is 6.09. The van der Waals surface area contributed by atoms with Crippen LogP contribution >= 0.6 is 0 Å². The highest BCUT2D eigenvalue weighted by atomic mass is 16.3. The maximum atomic E-state index is 12.7. The average Bonchev–Trinajstić information content (AvgIpc) is 3.05. The molecule has 0 aliphatic carbocycles. The number of aromatic nitrogens is 3. The number of aliphatic hydroxyl groups is 1. The van der Waals surface area contributed by atoms with Crippen LogP contribution in [0.5, 0.6) is 0 Å². The monoisotopic (exact) mass is 376 g/mol. The molecule has 3 aromatic rings. The summed E-state index contributed by atoms with van der Waals surface area (Å²) in [6, 6.07) is 8.15. The Kier molecular flexibility index (Phi) is 4.45. The fourth-order valence-corrected chi connectivity index (χ4v) is 4.78. The van der Waals surface area contributed by atoms with E-state index < -0.39 is 0 Å². The van der Waals surface area contributed by atoms with Crippen molar-refractivity contribution in [2.75, 3.05) is 13.1 Å². The molecule has 1 N–H and O–H groups in total. The van der Waals surface area contributed by atoms with Crippen molar-refractivity contribution in [2.45, 2.75) is 38.5 Å². The highest BCUT2D eigenvalue weighted by Crippen LogP contribution is 2.28. The third-order valence-corrected chi connectivity index (χ3v) is 6.09. The summed E-state index contributed by atoms with van der Waals surface area (Å²) >= 11 is 0. The minimum atomic E-state index is -0.386. The van der Waals surface area contributed by atoms with Gasteiger partial charge in [-0.2, -0.15) is 0 Å². The first-order valence-corrected chi connectivity index (χ1v) is 9.98. The number of hydrogen-bond donors (Lipinski definition) is 1. The molecule has 0 amide bonds. The van der Waals surface area contributed by atoms with Gasteiger partial charge < -0.3 is 9.67 Å². The Labute approximate surface area is 163 Å². The molecule has 4 heterocycles. The van der Waals surface area contributed by atoms with Gasteiger partial charge in [0.1, 0.15) is 0 Å². The lowest BCUT2D eigenvalue weighted by atomic mass is 9.98. The number of nitrogens with zero attached hydrogens (tertiary/aromatic N) is 4. The predicted octanol–water partition coefficient (Wildman–Crippen LogP) is 1.77. The van der Waals surface area contributed by atoms with Crippen LogP contribution in [0.25, 0.3) is 10.9 Å². The molecule has 1 fully saturated rings. The minimum absolute atomic E-state index is 0.0884. The SMILES string of the molecule is O=c1cc(CN2C[C@@H](Cc3cnccn3)[C@H](O)C2)c2cccc3c2n1CCC3. The van der Waals surface area contributed by atoms with E-state index in [9.17, 15) is 9.90 Å². The van der Waals surface area contributed by atoms with E-state index in [1.165, 1.54) is 10.9 Å². The van der Waals surface area contributed by atoms with Crippen LogP contribution in [0.1, 0.15) is 23.2 Å². The van der Waals surface area contributed by atoms with Crippen LogP contribution in [0.4, 0.5) is 0 Å². The van der Waals surface area contributed by atoms with Crippen molar-refractivity contribution in [3.05, 3.63) is 70.0 Å². The standard InChI is InChI=1S/C22H24N4O2/c27-20-14-25(13-17(20)9-18-11-23-6-7-24-18)12-16-10-21(28)26-8-2-4-15-3-1-5-19(16)22(15)26/h1,3,5-7,10-11,17,20,27H,2,4,8-9,12-14H2/t17-,20-/m1/s1. The van der Waals surface area contributed by atoms with E-state index in [-0.39, 0.29) is 17.6 Å². The summed E-state index contributed by atoms with van der Waals surface area (Å²) in [5.74, 6) is 0.137. The molecule has 6 nitrogen and oxygen atoms in total. The van der Waals surface area contributed by atoms with E-state index in [4.69, 9.17) is 0 Å². The highest BCUT2D eigenvalue weighted by Gasteiger charge is 2.32. The van der Waals surface area contributed by atoms with Gasteiger partial charge in [0, 0.05) is 62.1 Å². The van der Waals surface area contributed by atoms with Gasteiger partial charge in [0.05, 0.1) is 17.3 Å². The van der Waals surface area contributed by atoms with Crippen LogP contribution < -0.4 is 5.56 Å². The molecule has 0 spiro atoms. The maximum absolute atomic E-state index is 12.7. The first kappa shape index (κ1) is 17.5. The van der Waals surface area contributed by atoms with E-state index in [2.05, 4.69) is 33.1 Å². The maximum Gasteiger partial charge on any atom is 0.251 e. The fourth-order valence-electron chi connectivity index (χ4n) is 4.78. The van der Waals surface area contributed by atoms with E-state index in [0.29, 0.717) is 13.1 Å². The Balaban J connectivity index is 1.41. The second kappa shape index (κ2) is 7.11. The zero-order valence-electron chi connectivity index (χ0n) is 15.8. The molecular formula is C22H24N4O2. The van der Waals surface area contributed by atoms with Crippen molar-refractivity contribution in [3.8, 4) is 0 Å². The summed E-state index contributed by atoms with van der Waals surface area (Å²) in [6.07, 6.45) is 7.51. The zero-order chi connectivity index (χ0) is 19.1. The van der Waals surface area contributed by atoms with Crippen LogP contribution in [0.2, 0.25) is 0 Å². The number of aliphatic hydroxyl groups excluding tert-OH is 1. The van der Waals surface area contributed by atoms with Crippen LogP contribution in [-0.4, -0.2) is 43.7 Å². The van der Waals surface area contributed by atoms with Crippen LogP contribution in [0, 0.1) is 5.92 Å². The number of likely N-dealkylation sites (tertiary alicyclic amines) is 1. The Morgan fingerprint density at radius 2 is 2.14 bits per heavy atom. The van der Waals surface area contributed by atoms with Crippen LogP contribution in [0.3, 0.4) is 0 Å². The molecule has 1 saturated heterocycles.